The van der Waals surface area contributed by atoms with Crippen LogP contribution in [0.5, 0.6) is 5.75 Å². The third kappa shape index (κ3) is 3.37. The van der Waals surface area contributed by atoms with Gasteiger partial charge in [-0.2, -0.15) is 0 Å². The SMILES string of the molecule is OC[C@@H]1CCCN1c1cccc(OCc2ccccc2)c1. The Bertz CT molecular complexity index is 570. The first-order valence-electron chi connectivity index (χ1n) is 7.51. The molecule has 1 N–H and O–H groups in total. The first-order valence-corrected chi connectivity index (χ1v) is 7.51. The minimum absolute atomic E-state index is 0.217. The van der Waals surface area contributed by atoms with Crippen molar-refractivity contribution in [2.24, 2.45) is 0 Å². The van der Waals surface area contributed by atoms with E-state index in [1.165, 1.54) is 0 Å². The van der Waals surface area contributed by atoms with E-state index in [0.29, 0.717) is 6.61 Å². The molecule has 1 aliphatic heterocycles. The van der Waals surface area contributed by atoms with Crippen molar-refractivity contribution >= 4 is 5.69 Å². The van der Waals surface area contributed by atoms with Crippen molar-refractivity contribution in [3.05, 3.63) is 60.2 Å². The quantitative estimate of drug-likeness (QED) is 0.914. The first kappa shape index (κ1) is 14.0. The van der Waals surface area contributed by atoms with E-state index >= 15 is 0 Å². The molecule has 0 saturated carbocycles. The zero-order valence-electron chi connectivity index (χ0n) is 12.1. The number of aliphatic hydroxyl groups is 1. The van der Waals surface area contributed by atoms with Gasteiger partial charge < -0.3 is 14.7 Å². The van der Waals surface area contributed by atoms with Crippen molar-refractivity contribution in [3.63, 3.8) is 0 Å². The molecule has 0 radical (unpaired) electrons. The number of ether oxygens (including phenoxy) is 1. The van der Waals surface area contributed by atoms with Crippen molar-refractivity contribution in [1.29, 1.82) is 0 Å². The lowest BCUT2D eigenvalue weighted by Gasteiger charge is -2.25. The summed E-state index contributed by atoms with van der Waals surface area (Å²) in [5, 5.41) is 9.45. The van der Waals surface area contributed by atoms with E-state index in [-0.39, 0.29) is 12.6 Å². The molecule has 1 atom stereocenters. The van der Waals surface area contributed by atoms with Crippen molar-refractivity contribution in [2.75, 3.05) is 18.1 Å². The molecular formula is C18H21NO2. The Labute approximate surface area is 125 Å². The average molecular weight is 283 g/mol. The lowest BCUT2D eigenvalue weighted by molar-refractivity contribution is 0.266. The number of hydrogen-bond donors (Lipinski definition) is 1. The molecule has 1 saturated heterocycles. The second-order valence-corrected chi connectivity index (χ2v) is 5.44. The molecule has 0 aromatic heterocycles. The highest BCUT2D eigenvalue weighted by molar-refractivity contribution is 5.52. The molecule has 21 heavy (non-hydrogen) atoms. The molecule has 3 heteroatoms. The third-order valence-electron chi connectivity index (χ3n) is 3.99. The second kappa shape index (κ2) is 6.64. The largest absolute Gasteiger partial charge is 0.489 e. The molecule has 0 unspecified atom stereocenters. The van der Waals surface area contributed by atoms with E-state index in [1.807, 2.05) is 30.3 Å². The topological polar surface area (TPSA) is 32.7 Å². The van der Waals surface area contributed by atoms with Crippen LogP contribution in [0, 0.1) is 0 Å². The van der Waals surface area contributed by atoms with Gasteiger partial charge >= 0.3 is 0 Å². The molecule has 0 aliphatic carbocycles. The summed E-state index contributed by atoms with van der Waals surface area (Å²) in [6.07, 6.45) is 2.20. The first-order chi connectivity index (χ1) is 10.4. The summed E-state index contributed by atoms with van der Waals surface area (Å²) in [6, 6.07) is 18.6. The van der Waals surface area contributed by atoms with E-state index in [1.54, 1.807) is 0 Å². The van der Waals surface area contributed by atoms with Crippen LogP contribution in [0.2, 0.25) is 0 Å². The molecule has 0 amide bonds. The highest BCUT2D eigenvalue weighted by Crippen LogP contribution is 2.28. The number of nitrogens with zero attached hydrogens (tertiary/aromatic N) is 1. The summed E-state index contributed by atoms with van der Waals surface area (Å²) >= 11 is 0. The Balaban J connectivity index is 1.68. The van der Waals surface area contributed by atoms with E-state index in [9.17, 15) is 5.11 Å². The standard InChI is InChI=1S/C18H21NO2/c20-13-17-9-5-11-19(17)16-8-4-10-18(12-16)21-14-15-6-2-1-3-7-15/h1-4,6-8,10,12,17,20H,5,9,11,13-14H2/t17-/m0/s1. The van der Waals surface area contributed by atoms with Crippen LogP contribution in [0.15, 0.2) is 54.6 Å². The molecule has 110 valence electrons. The average Bonchev–Trinajstić information content (AvgIpc) is 3.03. The Morgan fingerprint density at radius 3 is 2.76 bits per heavy atom. The van der Waals surface area contributed by atoms with Crippen LogP contribution in [-0.2, 0) is 6.61 Å². The molecule has 1 aliphatic rings. The Hall–Kier alpha value is -2.00. The van der Waals surface area contributed by atoms with Crippen molar-refractivity contribution in [2.45, 2.75) is 25.5 Å². The Morgan fingerprint density at radius 1 is 1.10 bits per heavy atom. The zero-order valence-corrected chi connectivity index (χ0v) is 12.1. The molecule has 1 fully saturated rings. The maximum Gasteiger partial charge on any atom is 0.121 e. The number of anilines is 1. The summed E-state index contributed by atoms with van der Waals surface area (Å²) in [6.45, 7) is 1.80. The fourth-order valence-corrected chi connectivity index (χ4v) is 2.86. The Morgan fingerprint density at radius 2 is 1.95 bits per heavy atom. The van der Waals surface area contributed by atoms with E-state index < -0.39 is 0 Å². The van der Waals surface area contributed by atoms with Gasteiger partial charge in [-0.3, -0.25) is 0 Å². The van der Waals surface area contributed by atoms with Crippen LogP contribution in [-0.4, -0.2) is 24.3 Å². The van der Waals surface area contributed by atoms with Gasteiger partial charge in [0.1, 0.15) is 12.4 Å². The monoisotopic (exact) mass is 283 g/mol. The van der Waals surface area contributed by atoms with Crippen molar-refractivity contribution in [1.82, 2.24) is 0 Å². The predicted octanol–water partition coefficient (Wildman–Crippen LogP) is 3.23. The number of aliphatic hydroxyl groups excluding tert-OH is 1. The number of rotatable bonds is 5. The number of benzene rings is 2. The minimum atomic E-state index is 0.217. The summed E-state index contributed by atoms with van der Waals surface area (Å²) in [4.78, 5) is 2.27. The molecule has 0 spiro atoms. The van der Waals surface area contributed by atoms with Gasteiger partial charge in [-0.1, -0.05) is 36.4 Å². The summed E-state index contributed by atoms with van der Waals surface area (Å²) in [7, 11) is 0. The summed E-state index contributed by atoms with van der Waals surface area (Å²) in [5.74, 6) is 0.875. The number of hydrogen-bond acceptors (Lipinski definition) is 3. The molecule has 3 rings (SSSR count). The lowest BCUT2D eigenvalue weighted by atomic mass is 10.2. The third-order valence-corrected chi connectivity index (χ3v) is 3.99. The zero-order chi connectivity index (χ0) is 14.5. The van der Waals surface area contributed by atoms with Gasteiger partial charge in [0.05, 0.1) is 12.6 Å². The highest BCUT2D eigenvalue weighted by atomic mass is 16.5. The fourth-order valence-electron chi connectivity index (χ4n) is 2.86. The Kier molecular flexibility index (Phi) is 4.41. The van der Waals surface area contributed by atoms with Gasteiger partial charge in [0.2, 0.25) is 0 Å². The van der Waals surface area contributed by atoms with Gasteiger partial charge in [-0.15, -0.1) is 0 Å². The lowest BCUT2D eigenvalue weighted by Crippen LogP contribution is -2.31. The van der Waals surface area contributed by atoms with Crippen LogP contribution in [0.4, 0.5) is 5.69 Å². The van der Waals surface area contributed by atoms with Gasteiger partial charge in [0.15, 0.2) is 0 Å². The van der Waals surface area contributed by atoms with Gasteiger partial charge in [-0.25, -0.2) is 0 Å². The fraction of sp³-hybridized carbons (Fsp3) is 0.333. The molecule has 3 nitrogen and oxygen atoms in total. The maximum absolute atomic E-state index is 9.45. The highest BCUT2D eigenvalue weighted by Gasteiger charge is 2.23. The minimum Gasteiger partial charge on any atom is -0.489 e. The molecule has 1 heterocycles. The molecular weight excluding hydrogens is 262 g/mol. The van der Waals surface area contributed by atoms with Crippen molar-refractivity contribution in [3.8, 4) is 5.75 Å². The van der Waals surface area contributed by atoms with E-state index in [4.69, 9.17) is 4.74 Å². The van der Waals surface area contributed by atoms with Crippen LogP contribution >= 0.6 is 0 Å². The summed E-state index contributed by atoms with van der Waals surface area (Å²) < 4.78 is 5.87. The van der Waals surface area contributed by atoms with Crippen LogP contribution in [0.1, 0.15) is 18.4 Å². The second-order valence-electron chi connectivity index (χ2n) is 5.44. The van der Waals surface area contributed by atoms with Crippen LogP contribution in [0.3, 0.4) is 0 Å². The maximum atomic E-state index is 9.45. The van der Waals surface area contributed by atoms with E-state index in [2.05, 4.69) is 29.2 Å². The van der Waals surface area contributed by atoms with Crippen molar-refractivity contribution < 1.29 is 9.84 Å². The van der Waals surface area contributed by atoms with Gasteiger partial charge in [-0.05, 0) is 30.5 Å². The molecule has 0 bridgehead atoms. The van der Waals surface area contributed by atoms with Crippen LogP contribution < -0.4 is 9.64 Å². The summed E-state index contributed by atoms with van der Waals surface area (Å²) in [5.41, 5.74) is 2.30. The van der Waals surface area contributed by atoms with Gasteiger partial charge in [0, 0.05) is 18.3 Å². The van der Waals surface area contributed by atoms with E-state index in [0.717, 1.165) is 36.4 Å². The van der Waals surface area contributed by atoms with Gasteiger partial charge in [0.25, 0.3) is 0 Å². The molecule has 2 aromatic carbocycles. The predicted molar refractivity (Wildman–Crippen MR) is 84.7 cm³/mol. The molecule has 2 aromatic rings. The smallest absolute Gasteiger partial charge is 0.121 e. The normalized spacial score (nSPS) is 18.0. The van der Waals surface area contributed by atoms with Crippen LogP contribution in [0.25, 0.3) is 0 Å².